The molecule has 1 aliphatic heterocycles. The third kappa shape index (κ3) is 2.76. The van der Waals surface area contributed by atoms with Crippen molar-refractivity contribution in [3.05, 3.63) is 48.0 Å². The van der Waals surface area contributed by atoms with Crippen molar-refractivity contribution >= 4 is 28.2 Å². The van der Waals surface area contributed by atoms with E-state index in [9.17, 15) is 18.0 Å². The van der Waals surface area contributed by atoms with Crippen molar-refractivity contribution < 1.29 is 22.7 Å². The number of ether oxygens (including phenoxy) is 1. The summed E-state index contributed by atoms with van der Waals surface area (Å²) < 4.78 is 45.9. The van der Waals surface area contributed by atoms with E-state index in [1.165, 1.54) is 24.3 Å². The van der Waals surface area contributed by atoms with Crippen LogP contribution in [-0.4, -0.2) is 18.1 Å². The van der Waals surface area contributed by atoms with Crippen LogP contribution in [0.1, 0.15) is 17.3 Å². The first-order chi connectivity index (χ1) is 10.9. The van der Waals surface area contributed by atoms with Gasteiger partial charge < -0.3 is 10.1 Å². The predicted molar refractivity (Wildman–Crippen MR) is 82.1 cm³/mol. The lowest BCUT2D eigenvalue weighted by molar-refractivity contribution is -0.0371. The molecule has 0 spiro atoms. The number of benzene rings is 2. The van der Waals surface area contributed by atoms with Gasteiger partial charge in [-0.05, 0) is 31.2 Å². The summed E-state index contributed by atoms with van der Waals surface area (Å²) in [5.41, 5.74) is -3.79. The van der Waals surface area contributed by atoms with Crippen LogP contribution in [0.15, 0.2) is 52.3 Å². The number of alkyl halides is 3. The quantitative estimate of drug-likeness (QED) is 0.647. The van der Waals surface area contributed by atoms with E-state index >= 15 is 0 Å². The summed E-state index contributed by atoms with van der Waals surface area (Å²) in [7, 11) is -2.11. The fourth-order valence-corrected chi connectivity index (χ4v) is 4.33. The van der Waals surface area contributed by atoms with Crippen molar-refractivity contribution in [1.29, 1.82) is 0 Å². The predicted octanol–water partition coefficient (Wildman–Crippen LogP) is 4.48. The zero-order valence-electron chi connectivity index (χ0n) is 12.1. The van der Waals surface area contributed by atoms with Crippen molar-refractivity contribution in [2.24, 2.45) is 0 Å². The van der Waals surface area contributed by atoms with E-state index in [0.717, 1.165) is 0 Å². The fraction of sp³-hybridized carbons (Fsp3) is 0.188. The molecule has 1 heterocycles. The lowest BCUT2D eigenvalue weighted by Gasteiger charge is -2.23. The molecule has 7 heteroatoms. The van der Waals surface area contributed by atoms with Crippen LogP contribution in [0.5, 0.6) is 0 Å². The number of hydrogen-bond acceptors (Lipinski definition) is 3. The Kier molecular flexibility index (Phi) is 3.97. The highest BCUT2D eigenvalue weighted by Crippen LogP contribution is 2.49. The van der Waals surface area contributed by atoms with Gasteiger partial charge >= 0.3 is 11.5 Å². The molecule has 2 aromatic carbocycles. The number of rotatable bonds is 2. The van der Waals surface area contributed by atoms with Crippen molar-refractivity contribution in [3.63, 3.8) is 0 Å². The zero-order valence-corrected chi connectivity index (χ0v) is 12.9. The molecule has 120 valence electrons. The smallest absolute Gasteiger partial charge is 0.462 e. The third-order valence-electron chi connectivity index (χ3n) is 3.34. The maximum absolute atomic E-state index is 13.6. The Morgan fingerprint density at radius 1 is 1.13 bits per heavy atom. The maximum atomic E-state index is 13.6. The van der Waals surface area contributed by atoms with E-state index in [0.29, 0.717) is 5.69 Å². The van der Waals surface area contributed by atoms with Crippen molar-refractivity contribution in [1.82, 2.24) is 0 Å². The Labute approximate surface area is 133 Å². The van der Waals surface area contributed by atoms with Gasteiger partial charge in [-0.1, -0.05) is 18.2 Å². The van der Waals surface area contributed by atoms with Gasteiger partial charge in [0, 0.05) is 0 Å². The van der Waals surface area contributed by atoms with E-state index in [1.54, 1.807) is 25.1 Å². The van der Waals surface area contributed by atoms with Crippen LogP contribution < -0.4 is 5.32 Å². The van der Waals surface area contributed by atoms with Crippen LogP contribution in [0.25, 0.3) is 0 Å². The number of anilines is 2. The van der Waals surface area contributed by atoms with Crippen molar-refractivity contribution in [2.45, 2.75) is 22.2 Å². The molecule has 0 bridgehead atoms. The molecule has 23 heavy (non-hydrogen) atoms. The lowest BCUT2D eigenvalue weighted by atomic mass is 10.1. The van der Waals surface area contributed by atoms with E-state index in [2.05, 4.69) is 5.32 Å². The van der Waals surface area contributed by atoms with E-state index in [1.807, 2.05) is 0 Å². The molecule has 3 nitrogen and oxygen atoms in total. The molecule has 0 fully saturated rings. The molecule has 0 amide bonds. The number of para-hydroxylation sites is 2. The lowest BCUT2D eigenvalue weighted by Crippen LogP contribution is -2.29. The second kappa shape index (κ2) is 5.81. The van der Waals surface area contributed by atoms with Crippen molar-refractivity contribution in [3.8, 4) is 0 Å². The molecule has 0 saturated heterocycles. The number of fused-ring (bicyclic) bond motifs is 2. The molecule has 1 N–H and O–H groups in total. The minimum absolute atomic E-state index is 0.0572. The van der Waals surface area contributed by atoms with Gasteiger partial charge in [0.15, 0.2) is 20.7 Å². The molecule has 0 saturated carbocycles. The van der Waals surface area contributed by atoms with Crippen LogP contribution >= 0.6 is 0 Å². The number of carbonyl (C=O) groups excluding carboxylic acids is 1. The molecule has 0 aromatic heterocycles. The number of esters is 1. The summed E-state index contributed by atoms with van der Waals surface area (Å²) in [6.07, 6.45) is 0. The molecule has 0 aliphatic carbocycles. The van der Waals surface area contributed by atoms with Crippen LogP contribution in [0, 0.1) is 0 Å². The molecule has 1 atom stereocenters. The van der Waals surface area contributed by atoms with Crippen LogP contribution in [0.3, 0.4) is 0 Å². The van der Waals surface area contributed by atoms with Crippen molar-refractivity contribution in [2.75, 3.05) is 11.9 Å². The van der Waals surface area contributed by atoms with Gasteiger partial charge in [-0.15, -0.1) is 13.2 Å². The second-order valence-electron chi connectivity index (χ2n) is 4.77. The minimum atomic E-state index is -4.43. The van der Waals surface area contributed by atoms with E-state index in [4.69, 9.17) is 4.74 Å². The van der Waals surface area contributed by atoms with E-state index in [-0.39, 0.29) is 27.6 Å². The van der Waals surface area contributed by atoms with Crippen LogP contribution in [0.4, 0.5) is 24.5 Å². The minimum Gasteiger partial charge on any atom is -0.462 e. The normalized spacial score (nSPS) is 16.1. The van der Waals surface area contributed by atoms with Gasteiger partial charge in [0.1, 0.15) is 5.69 Å². The van der Waals surface area contributed by atoms with Gasteiger partial charge in [0.05, 0.1) is 17.9 Å². The van der Waals surface area contributed by atoms with Crippen LogP contribution in [0.2, 0.25) is 0 Å². The summed E-state index contributed by atoms with van der Waals surface area (Å²) >= 11 is 0. The van der Waals surface area contributed by atoms with Gasteiger partial charge in [0.25, 0.3) is 0 Å². The second-order valence-corrected chi connectivity index (χ2v) is 6.73. The first-order valence-electron chi connectivity index (χ1n) is 6.90. The topological polar surface area (TPSA) is 38.3 Å². The average molecular weight is 340 g/mol. The monoisotopic (exact) mass is 340 g/mol. The molecular weight excluding hydrogens is 327 g/mol. The molecule has 1 aliphatic rings. The standard InChI is InChI=1S/C16H12F3NO2S/c1-2-22-15(21)10-6-5-9-13-14(10)20-11-7-3-4-8-12(11)23(13)16(17,18)19/h3-9H,2H2,1H3/p+1. The highest BCUT2D eigenvalue weighted by Gasteiger charge is 2.58. The summed E-state index contributed by atoms with van der Waals surface area (Å²) in [4.78, 5) is 12.3. The number of nitrogens with one attached hydrogen (secondary N) is 1. The number of halogens is 3. The maximum Gasteiger partial charge on any atom is 0.586 e. The summed E-state index contributed by atoms with van der Waals surface area (Å²) in [6, 6.07) is 10.6. The van der Waals surface area contributed by atoms with Gasteiger partial charge in [-0.2, -0.15) is 0 Å². The first kappa shape index (κ1) is 15.7. The molecule has 0 radical (unpaired) electrons. The molecule has 1 unspecified atom stereocenters. The Morgan fingerprint density at radius 3 is 2.52 bits per heavy atom. The third-order valence-corrected chi connectivity index (χ3v) is 5.38. The Hall–Kier alpha value is -2.15. The Morgan fingerprint density at radius 2 is 1.83 bits per heavy atom. The fourth-order valence-electron chi connectivity index (χ4n) is 2.46. The highest BCUT2D eigenvalue weighted by atomic mass is 32.2. The molecule has 3 rings (SSSR count). The Bertz CT molecular complexity index is 761. The van der Waals surface area contributed by atoms with Crippen LogP contribution in [-0.2, 0) is 15.6 Å². The number of hydrogen-bond donors (Lipinski definition) is 1. The SMILES string of the molecule is CCOC(=O)c1cccc2c1Nc1ccccc1[S+]2C(F)(F)F. The summed E-state index contributed by atoms with van der Waals surface area (Å²) in [5, 5.41) is 2.96. The highest BCUT2D eigenvalue weighted by molar-refractivity contribution is 7.98. The average Bonchev–Trinajstić information content (AvgIpc) is 2.51. The molecular formula is C16H13F3NO2S+. The molecule has 2 aromatic rings. The summed E-state index contributed by atoms with van der Waals surface area (Å²) in [6.45, 7) is 1.81. The first-order valence-corrected chi connectivity index (χ1v) is 8.13. The number of carbonyl (C=O) groups is 1. The van der Waals surface area contributed by atoms with E-state index < -0.39 is 22.4 Å². The van der Waals surface area contributed by atoms with Gasteiger partial charge in [0.2, 0.25) is 0 Å². The van der Waals surface area contributed by atoms with Gasteiger partial charge in [-0.3, -0.25) is 0 Å². The zero-order chi connectivity index (χ0) is 16.6. The summed E-state index contributed by atoms with van der Waals surface area (Å²) in [5.74, 6) is -0.637. The van der Waals surface area contributed by atoms with Gasteiger partial charge in [-0.25, -0.2) is 4.79 Å². The largest absolute Gasteiger partial charge is 0.586 e. The Balaban J connectivity index is 2.20.